The van der Waals surface area contributed by atoms with Gasteiger partial charge >= 0.3 is 12.0 Å². The molecule has 0 saturated carbocycles. The number of aliphatic carboxylic acids is 1. The highest BCUT2D eigenvalue weighted by atomic mass is 16.4. The number of piperidine rings is 1. The summed E-state index contributed by atoms with van der Waals surface area (Å²) in [5.74, 6) is -1.60. The summed E-state index contributed by atoms with van der Waals surface area (Å²) in [5, 5.41) is 11.7. The lowest BCUT2D eigenvalue weighted by molar-refractivity contribution is -0.147. The Hall–Kier alpha value is -1.89. The lowest BCUT2D eigenvalue weighted by Crippen LogP contribution is -2.55. The molecule has 2 saturated heterocycles. The zero-order valence-electron chi connectivity index (χ0n) is 12.4. The van der Waals surface area contributed by atoms with Gasteiger partial charge in [0.05, 0.1) is 0 Å². The van der Waals surface area contributed by atoms with Crippen molar-refractivity contribution in [1.29, 1.82) is 0 Å². The van der Waals surface area contributed by atoms with Gasteiger partial charge in [-0.3, -0.25) is 9.69 Å². The average Bonchev–Trinajstić information content (AvgIpc) is 2.63. The van der Waals surface area contributed by atoms with Crippen molar-refractivity contribution >= 4 is 17.9 Å². The molecule has 2 rings (SSSR count). The van der Waals surface area contributed by atoms with E-state index >= 15 is 0 Å². The van der Waals surface area contributed by atoms with E-state index in [1.54, 1.807) is 0 Å². The summed E-state index contributed by atoms with van der Waals surface area (Å²) in [6, 6.07) is -1.76. The second-order valence-corrected chi connectivity index (χ2v) is 5.93. The molecule has 1 atom stereocenters. The normalized spacial score (nSPS) is 23.2. The Morgan fingerprint density at radius 3 is 2.48 bits per heavy atom. The van der Waals surface area contributed by atoms with Gasteiger partial charge in [-0.25, -0.2) is 14.5 Å². The maximum atomic E-state index is 12.5. The maximum Gasteiger partial charge on any atom is 0.326 e. The summed E-state index contributed by atoms with van der Waals surface area (Å²) in [7, 11) is 0. The highest BCUT2D eigenvalue weighted by Gasteiger charge is 2.54. The number of carbonyl (C=O) groups is 3. The Bertz CT molecular complexity index is 494. The Morgan fingerprint density at radius 1 is 1.43 bits per heavy atom. The number of carboxylic acid groups (broad SMARTS) is 1. The van der Waals surface area contributed by atoms with Crippen LogP contribution in [0.15, 0.2) is 12.2 Å². The fourth-order valence-electron chi connectivity index (χ4n) is 2.92. The van der Waals surface area contributed by atoms with E-state index in [1.807, 2.05) is 6.92 Å². The molecular weight excluding hydrogens is 274 g/mol. The third-order valence-corrected chi connectivity index (χ3v) is 4.14. The van der Waals surface area contributed by atoms with Gasteiger partial charge in [-0.15, -0.1) is 0 Å². The van der Waals surface area contributed by atoms with Crippen LogP contribution in [0, 0.1) is 0 Å². The lowest BCUT2D eigenvalue weighted by atomic mass is 9.87. The number of imide groups is 1. The van der Waals surface area contributed by atoms with Crippen molar-refractivity contribution in [3.8, 4) is 0 Å². The Labute approximate surface area is 123 Å². The highest BCUT2D eigenvalue weighted by Crippen LogP contribution is 2.30. The van der Waals surface area contributed by atoms with Crippen LogP contribution in [0.5, 0.6) is 0 Å². The van der Waals surface area contributed by atoms with Crippen molar-refractivity contribution in [3.63, 3.8) is 0 Å². The first-order chi connectivity index (χ1) is 9.77. The minimum Gasteiger partial charge on any atom is -0.480 e. The number of hydrogen-bond donors (Lipinski definition) is 2. The van der Waals surface area contributed by atoms with Gasteiger partial charge in [-0.2, -0.15) is 0 Å². The monoisotopic (exact) mass is 295 g/mol. The molecule has 2 aliphatic rings. The summed E-state index contributed by atoms with van der Waals surface area (Å²) < 4.78 is 0. The van der Waals surface area contributed by atoms with Gasteiger partial charge in [-0.1, -0.05) is 12.2 Å². The topological polar surface area (TPSA) is 90.0 Å². The Balaban J connectivity index is 2.09. The van der Waals surface area contributed by atoms with E-state index in [0.717, 1.165) is 17.0 Å². The number of urea groups is 1. The van der Waals surface area contributed by atoms with E-state index < -0.39 is 29.5 Å². The van der Waals surface area contributed by atoms with E-state index in [1.165, 1.54) is 6.92 Å². The van der Waals surface area contributed by atoms with Gasteiger partial charge in [0, 0.05) is 19.6 Å². The van der Waals surface area contributed by atoms with Gasteiger partial charge in [0.15, 0.2) is 0 Å². The Morgan fingerprint density at radius 2 is 2.00 bits per heavy atom. The first-order valence-electron chi connectivity index (χ1n) is 7.02. The second kappa shape index (κ2) is 5.48. The molecule has 2 N–H and O–H groups in total. The van der Waals surface area contributed by atoms with Gasteiger partial charge in [-0.05, 0) is 26.7 Å². The molecule has 2 heterocycles. The number of amides is 3. The lowest BCUT2D eigenvalue weighted by Gasteiger charge is -2.37. The fourth-order valence-corrected chi connectivity index (χ4v) is 2.92. The summed E-state index contributed by atoms with van der Waals surface area (Å²) in [4.78, 5) is 38.5. The van der Waals surface area contributed by atoms with Crippen molar-refractivity contribution in [3.05, 3.63) is 12.2 Å². The second-order valence-electron chi connectivity index (χ2n) is 5.93. The molecule has 0 aromatic carbocycles. The SMILES string of the molecule is C=C(C)CN1CCC2(CC1)NC(=O)N(C(C)C(=O)O)C2=O. The zero-order chi connectivity index (χ0) is 15.8. The molecule has 0 aromatic heterocycles. The first kappa shape index (κ1) is 15.5. The molecule has 2 fully saturated rings. The number of nitrogens with zero attached hydrogens (tertiary/aromatic N) is 2. The fraction of sp³-hybridized carbons (Fsp3) is 0.643. The molecule has 2 aliphatic heterocycles. The van der Waals surface area contributed by atoms with Crippen LogP contribution in [0.3, 0.4) is 0 Å². The molecule has 21 heavy (non-hydrogen) atoms. The van der Waals surface area contributed by atoms with Crippen LogP contribution in [-0.2, 0) is 9.59 Å². The van der Waals surface area contributed by atoms with Crippen molar-refractivity contribution in [1.82, 2.24) is 15.1 Å². The van der Waals surface area contributed by atoms with E-state index in [4.69, 9.17) is 5.11 Å². The predicted molar refractivity (Wildman–Crippen MR) is 75.7 cm³/mol. The van der Waals surface area contributed by atoms with Gasteiger partial charge in [0.2, 0.25) is 0 Å². The summed E-state index contributed by atoms with van der Waals surface area (Å²) in [5.41, 5.74) is 0.112. The van der Waals surface area contributed by atoms with Crippen LogP contribution in [0.25, 0.3) is 0 Å². The van der Waals surface area contributed by atoms with E-state index in [2.05, 4.69) is 16.8 Å². The molecule has 0 radical (unpaired) electrons. The standard InChI is InChI=1S/C14H21N3O4/c1-9(2)8-16-6-4-14(5-7-16)12(20)17(13(21)15-14)10(3)11(18)19/h10H,1,4-8H2,2-3H3,(H,15,21)(H,18,19). The average molecular weight is 295 g/mol. The van der Waals surface area contributed by atoms with Crippen molar-refractivity contribution in [2.24, 2.45) is 0 Å². The summed E-state index contributed by atoms with van der Waals surface area (Å²) in [6.45, 7) is 9.28. The molecule has 7 heteroatoms. The smallest absolute Gasteiger partial charge is 0.326 e. The van der Waals surface area contributed by atoms with Crippen LogP contribution < -0.4 is 5.32 Å². The molecule has 3 amide bonds. The van der Waals surface area contributed by atoms with E-state index in [-0.39, 0.29) is 0 Å². The molecule has 0 bridgehead atoms. The van der Waals surface area contributed by atoms with Crippen LogP contribution in [-0.4, -0.2) is 64.0 Å². The number of carboxylic acids is 1. The number of nitrogens with one attached hydrogen (secondary N) is 1. The van der Waals surface area contributed by atoms with Gasteiger partial charge in [0.25, 0.3) is 5.91 Å². The minimum absolute atomic E-state index is 0.419. The van der Waals surface area contributed by atoms with Gasteiger partial charge in [0.1, 0.15) is 11.6 Å². The maximum absolute atomic E-state index is 12.5. The molecule has 7 nitrogen and oxygen atoms in total. The first-order valence-corrected chi connectivity index (χ1v) is 7.02. The van der Waals surface area contributed by atoms with Crippen LogP contribution in [0.4, 0.5) is 4.79 Å². The Kier molecular flexibility index (Phi) is 4.04. The number of hydrogen-bond acceptors (Lipinski definition) is 4. The zero-order valence-corrected chi connectivity index (χ0v) is 12.4. The third kappa shape index (κ3) is 2.78. The molecule has 1 unspecified atom stereocenters. The molecule has 116 valence electrons. The van der Waals surface area contributed by atoms with Crippen molar-refractivity contribution in [2.75, 3.05) is 19.6 Å². The van der Waals surface area contributed by atoms with Crippen LogP contribution in [0.1, 0.15) is 26.7 Å². The van der Waals surface area contributed by atoms with Crippen molar-refractivity contribution < 1.29 is 19.5 Å². The van der Waals surface area contributed by atoms with Crippen molar-refractivity contribution in [2.45, 2.75) is 38.3 Å². The number of carbonyl (C=O) groups excluding carboxylic acids is 2. The van der Waals surface area contributed by atoms with E-state index in [9.17, 15) is 14.4 Å². The number of likely N-dealkylation sites (tertiary alicyclic amines) is 1. The van der Waals surface area contributed by atoms with Crippen LogP contribution in [0.2, 0.25) is 0 Å². The molecule has 0 aromatic rings. The van der Waals surface area contributed by atoms with E-state index in [0.29, 0.717) is 25.9 Å². The van der Waals surface area contributed by atoms with Crippen LogP contribution >= 0.6 is 0 Å². The summed E-state index contributed by atoms with van der Waals surface area (Å²) in [6.07, 6.45) is 0.987. The predicted octanol–water partition coefficient (Wildman–Crippen LogP) is 0.422. The molecule has 0 aliphatic carbocycles. The third-order valence-electron chi connectivity index (χ3n) is 4.14. The van der Waals surface area contributed by atoms with Gasteiger partial charge < -0.3 is 10.4 Å². The minimum atomic E-state index is -1.18. The molecule has 1 spiro atoms. The highest BCUT2D eigenvalue weighted by molar-refractivity contribution is 6.09. The number of rotatable bonds is 4. The summed E-state index contributed by atoms with van der Waals surface area (Å²) >= 11 is 0. The molecular formula is C14H21N3O4. The largest absolute Gasteiger partial charge is 0.480 e. The quantitative estimate of drug-likeness (QED) is 0.579.